The third kappa shape index (κ3) is 2.60. The molecule has 0 amide bonds. The van der Waals surface area contributed by atoms with Crippen LogP contribution in [0, 0.1) is 0 Å². The molecule has 1 aliphatic heterocycles. The number of aliphatic hydroxyl groups excluding tert-OH is 2. The summed E-state index contributed by atoms with van der Waals surface area (Å²) in [5, 5.41) is 18.5. The van der Waals surface area contributed by atoms with Crippen LogP contribution in [0.25, 0.3) is 0 Å². The Morgan fingerprint density at radius 3 is 2.88 bits per heavy atom. The zero-order chi connectivity index (χ0) is 12.3. The summed E-state index contributed by atoms with van der Waals surface area (Å²) in [4.78, 5) is 2.14. The summed E-state index contributed by atoms with van der Waals surface area (Å²) in [6.45, 7) is 1.85. The van der Waals surface area contributed by atoms with E-state index in [1.165, 1.54) is 11.3 Å². The van der Waals surface area contributed by atoms with Gasteiger partial charge >= 0.3 is 0 Å². The molecular weight excluding hydrogens is 216 g/mol. The molecule has 1 aromatic carbocycles. The Hall–Kier alpha value is -1.10. The standard InChI is InChI=1S/C13H20N2O2/c14-6-5-10-7-15(8-11(17)9-16)13-4-2-1-3-12(10)13/h1-4,10-11,16-17H,5-9,14H2. The Morgan fingerprint density at radius 1 is 1.41 bits per heavy atom. The second kappa shape index (κ2) is 5.49. The monoisotopic (exact) mass is 236 g/mol. The third-order valence-corrected chi connectivity index (χ3v) is 3.32. The van der Waals surface area contributed by atoms with Crippen molar-refractivity contribution in [2.24, 2.45) is 5.73 Å². The second-order valence-electron chi connectivity index (χ2n) is 4.57. The number of hydrogen-bond donors (Lipinski definition) is 3. The maximum absolute atomic E-state index is 9.54. The molecule has 4 heteroatoms. The van der Waals surface area contributed by atoms with Gasteiger partial charge in [-0.3, -0.25) is 0 Å². The number of nitrogens with zero attached hydrogens (tertiary/aromatic N) is 1. The minimum Gasteiger partial charge on any atom is -0.394 e. The van der Waals surface area contributed by atoms with Crippen LogP contribution in [0.3, 0.4) is 0 Å². The second-order valence-corrected chi connectivity index (χ2v) is 4.57. The highest BCUT2D eigenvalue weighted by Crippen LogP contribution is 2.37. The van der Waals surface area contributed by atoms with Gasteiger partial charge in [0.2, 0.25) is 0 Å². The molecule has 1 aromatic rings. The van der Waals surface area contributed by atoms with E-state index in [0.29, 0.717) is 19.0 Å². The first-order valence-electron chi connectivity index (χ1n) is 6.09. The van der Waals surface area contributed by atoms with Crippen molar-refractivity contribution in [2.75, 3.05) is 31.1 Å². The average Bonchev–Trinajstić information content (AvgIpc) is 2.69. The van der Waals surface area contributed by atoms with Crippen LogP contribution in [0.15, 0.2) is 24.3 Å². The van der Waals surface area contributed by atoms with Crippen molar-refractivity contribution in [3.8, 4) is 0 Å². The molecule has 2 unspecified atom stereocenters. The fourth-order valence-corrected chi connectivity index (χ4v) is 2.52. The van der Waals surface area contributed by atoms with Gasteiger partial charge in [-0.15, -0.1) is 0 Å². The van der Waals surface area contributed by atoms with Crippen LogP contribution >= 0.6 is 0 Å². The summed E-state index contributed by atoms with van der Waals surface area (Å²) in [5.74, 6) is 0.446. The first-order chi connectivity index (χ1) is 8.26. The summed E-state index contributed by atoms with van der Waals surface area (Å²) < 4.78 is 0. The number of hydrogen-bond acceptors (Lipinski definition) is 4. The molecule has 17 heavy (non-hydrogen) atoms. The molecule has 4 N–H and O–H groups in total. The summed E-state index contributed by atoms with van der Waals surface area (Å²) >= 11 is 0. The van der Waals surface area contributed by atoms with Gasteiger partial charge in [0.05, 0.1) is 12.7 Å². The average molecular weight is 236 g/mol. The van der Waals surface area contributed by atoms with E-state index in [9.17, 15) is 5.11 Å². The lowest BCUT2D eigenvalue weighted by atomic mass is 9.98. The number of fused-ring (bicyclic) bond motifs is 1. The zero-order valence-electron chi connectivity index (χ0n) is 9.92. The van der Waals surface area contributed by atoms with E-state index in [0.717, 1.165) is 13.0 Å². The van der Waals surface area contributed by atoms with Gasteiger partial charge in [-0.05, 0) is 24.6 Å². The molecule has 0 saturated heterocycles. The highest BCUT2D eigenvalue weighted by Gasteiger charge is 2.28. The molecular formula is C13H20N2O2. The normalized spacial score (nSPS) is 20.4. The Kier molecular flexibility index (Phi) is 3.99. The van der Waals surface area contributed by atoms with Gasteiger partial charge in [0, 0.05) is 24.7 Å². The molecule has 1 heterocycles. The third-order valence-electron chi connectivity index (χ3n) is 3.32. The molecule has 0 bridgehead atoms. The minimum atomic E-state index is -0.681. The molecule has 1 aliphatic rings. The molecule has 0 aliphatic carbocycles. The van der Waals surface area contributed by atoms with E-state index in [4.69, 9.17) is 10.8 Å². The zero-order valence-corrected chi connectivity index (χ0v) is 9.92. The van der Waals surface area contributed by atoms with Crippen LogP contribution in [0.5, 0.6) is 0 Å². The largest absolute Gasteiger partial charge is 0.394 e. The van der Waals surface area contributed by atoms with E-state index >= 15 is 0 Å². The molecule has 4 nitrogen and oxygen atoms in total. The number of rotatable bonds is 5. The maximum atomic E-state index is 9.54. The van der Waals surface area contributed by atoms with Crippen LogP contribution in [-0.4, -0.2) is 42.6 Å². The first kappa shape index (κ1) is 12.4. The molecule has 0 spiro atoms. The van der Waals surface area contributed by atoms with Gasteiger partial charge < -0.3 is 20.8 Å². The van der Waals surface area contributed by atoms with Crippen molar-refractivity contribution >= 4 is 5.69 Å². The number of anilines is 1. The molecule has 2 atom stereocenters. The minimum absolute atomic E-state index is 0.194. The maximum Gasteiger partial charge on any atom is 0.0945 e. The smallest absolute Gasteiger partial charge is 0.0945 e. The van der Waals surface area contributed by atoms with Crippen LogP contribution in [0.4, 0.5) is 5.69 Å². The number of nitrogens with two attached hydrogens (primary N) is 1. The quantitative estimate of drug-likeness (QED) is 0.687. The Morgan fingerprint density at radius 2 is 2.18 bits per heavy atom. The van der Waals surface area contributed by atoms with Gasteiger partial charge in [-0.1, -0.05) is 18.2 Å². The van der Waals surface area contributed by atoms with Crippen molar-refractivity contribution in [2.45, 2.75) is 18.4 Å². The van der Waals surface area contributed by atoms with Crippen molar-refractivity contribution in [1.82, 2.24) is 0 Å². The first-order valence-corrected chi connectivity index (χ1v) is 6.09. The van der Waals surface area contributed by atoms with Crippen LogP contribution < -0.4 is 10.6 Å². The number of benzene rings is 1. The fraction of sp³-hybridized carbons (Fsp3) is 0.538. The van der Waals surface area contributed by atoms with Gasteiger partial charge in [-0.2, -0.15) is 0 Å². The van der Waals surface area contributed by atoms with Crippen molar-refractivity contribution in [3.05, 3.63) is 29.8 Å². The summed E-state index contributed by atoms with van der Waals surface area (Å²) in [6, 6.07) is 8.23. The molecule has 0 saturated carbocycles. The lowest BCUT2D eigenvalue weighted by Gasteiger charge is -2.22. The number of para-hydroxylation sites is 1. The van der Waals surface area contributed by atoms with E-state index in [1.807, 2.05) is 12.1 Å². The molecule has 0 fully saturated rings. The van der Waals surface area contributed by atoms with E-state index in [1.54, 1.807) is 0 Å². The molecule has 0 aromatic heterocycles. The van der Waals surface area contributed by atoms with Crippen LogP contribution in [0.2, 0.25) is 0 Å². The van der Waals surface area contributed by atoms with Crippen molar-refractivity contribution in [1.29, 1.82) is 0 Å². The lowest BCUT2D eigenvalue weighted by Crippen LogP contribution is -2.33. The predicted molar refractivity (Wildman–Crippen MR) is 68.2 cm³/mol. The lowest BCUT2D eigenvalue weighted by molar-refractivity contribution is 0.100. The van der Waals surface area contributed by atoms with Crippen molar-refractivity contribution < 1.29 is 10.2 Å². The van der Waals surface area contributed by atoms with Gasteiger partial charge in [0.1, 0.15) is 0 Å². The predicted octanol–water partition coefficient (Wildman–Crippen LogP) is 0.292. The van der Waals surface area contributed by atoms with Gasteiger partial charge in [0.25, 0.3) is 0 Å². The van der Waals surface area contributed by atoms with Crippen LogP contribution in [0.1, 0.15) is 17.9 Å². The molecule has 94 valence electrons. The van der Waals surface area contributed by atoms with Crippen LogP contribution in [-0.2, 0) is 0 Å². The summed E-state index contributed by atoms with van der Waals surface area (Å²) in [6.07, 6.45) is 0.280. The highest BCUT2D eigenvalue weighted by molar-refractivity contribution is 5.60. The Labute approximate surface area is 102 Å². The number of β-amino-alcohol motifs (C(OH)–C–C–N with tert-alkyl or cyclic N) is 1. The Bertz CT molecular complexity index is 370. The highest BCUT2D eigenvalue weighted by atomic mass is 16.3. The van der Waals surface area contributed by atoms with Gasteiger partial charge in [-0.25, -0.2) is 0 Å². The van der Waals surface area contributed by atoms with E-state index < -0.39 is 6.10 Å². The topological polar surface area (TPSA) is 69.7 Å². The molecule has 0 radical (unpaired) electrons. The fourth-order valence-electron chi connectivity index (χ4n) is 2.52. The van der Waals surface area contributed by atoms with Gasteiger partial charge in [0.15, 0.2) is 0 Å². The Balaban J connectivity index is 2.16. The SMILES string of the molecule is NCCC1CN(CC(O)CO)c2ccccc21. The van der Waals surface area contributed by atoms with E-state index in [-0.39, 0.29) is 6.61 Å². The van der Waals surface area contributed by atoms with Crippen molar-refractivity contribution in [3.63, 3.8) is 0 Å². The number of aliphatic hydroxyl groups is 2. The summed E-state index contributed by atoms with van der Waals surface area (Å²) in [7, 11) is 0. The van der Waals surface area contributed by atoms with E-state index in [2.05, 4.69) is 17.0 Å². The summed E-state index contributed by atoms with van der Waals surface area (Å²) in [5.41, 5.74) is 8.10. The molecule has 2 rings (SSSR count).